The fourth-order valence-corrected chi connectivity index (χ4v) is 4.60. The molecule has 3 aromatic carbocycles. The summed E-state index contributed by atoms with van der Waals surface area (Å²) in [5.74, 6) is -1.29. The molecule has 202 valence electrons. The van der Waals surface area contributed by atoms with E-state index in [-0.39, 0.29) is 17.2 Å². The van der Waals surface area contributed by atoms with Crippen molar-refractivity contribution in [1.82, 2.24) is 0 Å². The van der Waals surface area contributed by atoms with Gasteiger partial charge in [-0.1, -0.05) is 19.1 Å². The summed E-state index contributed by atoms with van der Waals surface area (Å²) in [5, 5.41) is 14.2. The van der Waals surface area contributed by atoms with Crippen LogP contribution in [0.1, 0.15) is 43.0 Å². The van der Waals surface area contributed by atoms with Crippen LogP contribution < -0.4 is 19.9 Å². The van der Waals surface area contributed by atoms with Crippen molar-refractivity contribution < 1.29 is 24.2 Å². The molecule has 0 saturated carbocycles. The fraction of sp³-hybridized carbons (Fsp3) is 0.258. The standard InChI is InChI=1S/C31H33N3O5/c1-6-17-39-26-16-9-22(18-19(26)2)29(36)27-28(21-7-12-24(13-8-21)33(4)5)34(31(38)30(27)37)25-14-10-23(11-15-25)32-20(3)35/h7-16,18,28,36H,6,17H2,1-5H3,(H,32,35)/b29-27-. The highest BCUT2D eigenvalue weighted by molar-refractivity contribution is 6.51. The largest absolute Gasteiger partial charge is 0.507 e. The Labute approximate surface area is 228 Å². The highest BCUT2D eigenvalue weighted by Crippen LogP contribution is 2.43. The summed E-state index contributed by atoms with van der Waals surface area (Å²) < 4.78 is 5.76. The number of ketones is 1. The first-order valence-electron chi connectivity index (χ1n) is 12.8. The number of hydrogen-bond donors (Lipinski definition) is 2. The molecular weight excluding hydrogens is 494 g/mol. The third-order valence-corrected chi connectivity index (χ3v) is 6.55. The number of carbonyl (C=O) groups is 3. The quantitative estimate of drug-likeness (QED) is 0.230. The highest BCUT2D eigenvalue weighted by Gasteiger charge is 2.47. The lowest BCUT2D eigenvalue weighted by molar-refractivity contribution is -0.132. The number of anilines is 3. The van der Waals surface area contributed by atoms with Crippen LogP contribution in [0.15, 0.2) is 72.3 Å². The molecule has 0 radical (unpaired) electrons. The lowest BCUT2D eigenvalue weighted by atomic mass is 9.94. The van der Waals surface area contributed by atoms with E-state index in [0.29, 0.717) is 34.9 Å². The molecule has 2 N–H and O–H groups in total. The Morgan fingerprint density at radius 2 is 1.69 bits per heavy atom. The Morgan fingerprint density at radius 3 is 2.26 bits per heavy atom. The van der Waals surface area contributed by atoms with Gasteiger partial charge >= 0.3 is 0 Å². The summed E-state index contributed by atoms with van der Waals surface area (Å²) in [6, 6.07) is 18.5. The van der Waals surface area contributed by atoms with Crippen molar-refractivity contribution in [2.75, 3.05) is 35.8 Å². The molecular formula is C31H33N3O5. The summed E-state index contributed by atoms with van der Waals surface area (Å²) in [4.78, 5) is 41.7. The molecule has 0 aromatic heterocycles. The summed E-state index contributed by atoms with van der Waals surface area (Å²) in [6.45, 7) is 5.87. The molecule has 39 heavy (non-hydrogen) atoms. The summed E-state index contributed by atoms with van der Waals surface area (Å²) in [6.07, 6.45) is 0.864. The van der Waals surface area contributed by atoms with Gasteiger partial charge < -0.3 is 20.1 Å². The molecule has 2 amide bonds. The second-order valence-corrected chi connectivity index (χ2v) is 9.71. The molecule has 8 heteroatoms. The van der Waals surface area contributed by atoms with Crippen LogP contribution in [-0.4, -0.2) is 43.4 Å². The van der Waals surface area contributed by atoms with E-state index >= 15 is 0 Å². The van der Waals surface area contributed by atoms with Gasteiger partial charge in [0.2, 0.25) is 5.91 Å². The molecule has 1 heterocycles. The number of rotatable bonds is 8. The van der Waals surface area contributed by atoms with Gasteiger partial charge in [0.05, 0.1) is 18.2 Å². The Hall–Kier alpha value is -4.59. The SMILES string of the molecule is CCCOc1ccc(/C(O)=C2/C(=O)C(=O)N(c3ccc(NC(C)=O)cc3)C2c2ccc(N(C)C)cc2)cc1C. The number of aryl methyl sites for hydroxylation is 1. The second kappa shape index (κ2) is 11.4. The normalized spacial score (nSPS) is 16.3. The molecule has 1 atom stereocenters. The van der Waals surface area contributed by atoms with Crippen LogP contribution in [-0.2, 0) is 14.4 Å². The Bertz CT molecular complexity index is 1430. The maximum Gasteiger partial charge on any atom is 0.300 e. The lowest BCUT2D eigenvalue weighted by Crippen LogP contribution is -2.29. The fourth-order valence-electron chi connectivity index (χ4n) is 4.60. The maximum absolute atomic E-state index is 13.5. The Kier molecular flexibility index (Phi) is 8.04. The van der Waals surface area contributed by atoms with Gasteiger partial charge in [-0.05, 0) is 79.1 Å². The van der Waals surface area contributed by atoms with Crippen LogP contribution in [0, 0.1) is 6.92 Å². The van der Waals surface area contributed by atoms with E-state index in [9.17, 15) is 19.5 Å². The minimum absolute atomic E-state index is 0.00478. The van der Waals surface area contributed by atoms with Gasteiger partial charge in [0.15, 0.2) is 0 Å². The smallest absolute Gasteiger partial charge is 0.300 e. The molecule has 1 saturated heterocycles. The number of Topliss-reactive ketones (excluding diaryl/α,β-unsaturated/α-hetero) is 1. The molecule has 0 spiro atoms. The van der Waals surface area contributed by atoms with Gasteiger partial charge in [-0.25, -0.2) is 0 Å². The molecule has 1 aliphatic rings. The number of nitrogens with zero attached hydrogens (tertiary/aromatic N) is 2. The van der Waals surface area contributed by atoms with Gasteiger partial charge in [-0.3, -0.25) is 19.3 Å². The molecule has 3 aromatic rings. The minimum atomic E-state index is -0.857. The van der Waals surface area contributed by atoms with E-state index in [1.54, 1.807) is 42.5 Å². The third kappa shape index (κ3) is 5.65. The molecule has 0 bridgehead atoms. The number of benzene rings is 3. The van der Waals surface area contributed by atoms with E-state index in [1.165, 1.54) is 11.8 Å². The molecule has 1 unspecified atom stereocenters. The van der Waals surface area contributed by atoms with E-state index < -0.39 is 17.7 Å². The average molecular weight is 528 g/mol. The lowest BCUT2D eigenvalue weighted by Gasteiger charge is -2.26. The molecule has 0 aliphatic carbocycles. The maximum atomic E-state index is 13.5. The van der Waals surface area contributed by atoms with Gasteiger partial charge in [-0.15, -0.1) is 0 Å². The van der Waals surface area contributed by atoms with E-state index in [4.69, 9.17) is 4.74 Å². The summed E-state index contributed by atoms with van der Waals surface area (Å²) in [7, 11) is 3.85. The monoisotopic (exact) mass is 527 g/mol. The number of aliphatic hydroxyl groups is 1. The topological polar surface area (TPSA) is 99.2 Å². The van der Waals surface area contributed by atoms with Crippen LogP contribution in [0.25, 0.3) is 5.76 Å². The van der Waals surface area contributed by atoms with Crippen molar-refractivity contribution in [3.63, 3.8) is 0 Å². The van der Waals surface area contributed by atoms with E-state index in [1.807, 2.05) is 57.1 Å². The Balaban J connectivity index is 1.84. The van der Waals surface area contributed by atoms with E-state index in [0.717, 1.165) is 17.7 Å². The van der Waals surface area contributed by atoms with Crippen molar-refractivity contribution in [2.24, 2.45) is 0 Å². The zero-order chi connectivity index (χ0) is 28.3. The van der Waals surface area contributed by atoms with Gasteiger partial charge in [0, 0.05) is 43.6 Å². The van der Waals surface area contributed by atoms with Crippen molar-refractivity contribution in [2.45, 2.75) is 33.2 Å². The van der Waals surface area contributed by atoms with Crippen LogP contribution in [0.3, 0.4) is 0 Å². The molecule has 1 fully saturated rings. The van der Waals surface area contributed by atoms with Crippen LogP contribution in [0.2, 0.25) is 0 Å². The van der Waals surface area contributed by atoms with Crippen LogP contribution >= 0.6 is 0 Å². The van der Waals surface area contributed by atoms with Crippen molar-refractivity contribution in [1.29, 1.82) is 0 Å². The number of ether oxygens (including phenoxy) is 1. The zero-order valence-corrected chi connectivity index (χ0v) is 22.8. The van der Waals surface area contributed by atoms with Crippen molar-refractivity contribution >= 4 is 40.4 Å². The molecule has 4 rings (SSSR count). The minimum Gasteiger partial charge on any atom is -0.507 e. The first kappa shape index (κ1) is 27.4. The van der Waals surface area contributed by atoms with E-state index in [2.05, 4.69) is 5.32 Å². The highest BCUT2D eigenvalue weighted by atomic mass is 16.5. The van der Waals surface area contributed by atoms with Gasteiger partial charge in [-0.2, -0.15) is 0 Å². The number of nitrogens with one attached hydrogen (secondary N) is 1. The molecule has 8 nitrogen and oxygen atoms in total. The first-order chi connectivity index (χ1) is 18.6. The summed E-state index contributed by atoms with van der Waals surface area (Å²) >= 11 is 0. The summed E-state index contributed by atoms with van der Waals surface area (Å²) in [5.41, 5.74) is 3.89. The predicted molar refractivity (Wildman–Crippen MR) is 153 cm³/mol. The van der Waals surface area contributed by atoms with Gasteiger partial charge in [0.1, 0.15) is 11.5 Å². The third-order valence-electron chi connectivity index (χ3n) is 6.55. The number of carbonyl (C=O) groups excluding carboxylic acids is 3. The van der Waals surface area contributed by atoms with Gasteiger partial charge in [0.25, 0.3) is 11.7 Å². The predicted octanol–water partition coefficient (Wildman–Crippen LogP) is 5.43. The second-order valence-electron chi connectivity index (χ2n) is 9.71. The molecule has 1 aliphatic heterocycles. The average Bonchev–Trinajstić information content (AvgIpc) is 3.17. The van der Waals surface area contributed by atoms with Crippen molar-refractivity contribution in [3.05, 3.63) is 89.0 Å². The van der Waals surface area contributed by atoms with Crippen molar-refractivity contribution in [3.8, 4) is 5.75 Å². The first-order valence-corrected chi connectivity index (χ1v) is 12.8. The van der Waals surface area contributed by atoms with Crippen LogP contribution in [0.5, 0.6) is 5.75 Å². The Morgan fingerprint density at radius 1 is 1.03 bits per heavy atom. The number of amides is 2. The van der Waals surface area contributed by atoms with Crippen LogP contribution in [0.4, 0.5) is 17.1 Å². The number of hydrogen-bond acceptors (Lipinski definition) is 6. The number of aliphatic hydroxyl groups excluding tert-OH is 1. The zero-order valence-electron chi connectivity index (χ0n) is 22.8.